The van der Waals surface area contributed by atoms with Crippen LogP contribution < -0.4 is 20.1 Å². The van der Waals surface area contributed by atoms with Crippen molar-refractivity contribution in [2.24, 2.45) is 0 Å². The third-order valence-corrected chi connectivity index (χ3v) is 3.57. The van der Waals surface area contributed by atoms with E-state index in [1.807, 2.05) is 48.5 Å². The fourth-order valence-electron chi connectivity index (χ4n) is 2.25. The van der Waals surface area contributed by atoms with Crippen LogP contribution in [0.4, 0.5) is 11.4 Å². The molecule has 2 rings (SSSR count). The van der Waals surface area contributed by atoms with E-state index in [0.29, 0.717) is 24.7 Å². The zero-order chi connectivity index (χ0) is 18.6. The van der Waals surface area contributed by atoms with Gasteiger partial charge in [-0.25, -0.2) is 0 Å². The van der Waals surface area contributed by atoms with Gasteiger partial charge in [0.25, 0.3) is 0 Å². The highest BCUT2D eigenvalue weighted by atomic mass is 16.5. The molecule has 0 aliphatic rings. The van der Waals surface area contributed by atoms with Gasteiger partial charge in [-0.3, -0.25) is 4.79 Å². The summed E-state index contributed by atoms with van der Waals surface area (Å²) in [6, 6.07) is 14.9. The average Bonchev–Trinajstić information content (AvgIpc) is 2.66. The van der Waals surface area contributed by atoms with Crippen molar-refractivity contribution >= 4 is 17.3 Å². The SMILES string of the molecule is C=CCOc1cccc(NCC(=O)Nc2ccccc2OCCCC)c1. The highest BCUT2D eigenvalue weighted by molar-refractivity contribution is 5.95. The molecule has 2 N–H and O–H groups in total. The molecule has 5 heteroatoms. The van der Waals surface area contributed by atoms with E-state index < -0.39 is 0 Å². The van der Waals surface area contributed by atoms with E-state index in [0.717, 1.165) is 24.3 Å². The number of ether oxygens (including phenoxy) is 2. The van der Waals surface area contributed by atoms with Gasteiger partial charge < -0.3 is 20.1 Å². The average molecular weight is 354 g/mol. The first-order chi connectivity index (χ1) is 12.7. The van der Waals surface area contributed by atoms with Crippen molar-refractivity contribution in [3.05, 3.63) is 61.2 Å². The lowest BCUT2D eigenvalue weighted by Crippen LogP contribution is -2.22. The quantitative estimate of drug-likeness (QED) is 0.461. The summed E-state index contributed by atoms with van der Waals surface area (Å²) >= 11 is 0. The van der Waals surface area contributed by atoms with Crippen molar-refractivity contribution < 1.29 is 14.3 Å². The second kappa shape index (κ2) is 10.8. The largest absolute Gasteiger partial charge is 0.491 e. The van der Waals surface area contributed by atoms with Crippen LogP contribution in [-0.2, 0) is 4.79 Å². The highest BCUT2D eigenvalue weighted by Gasteiger charge is 2.07. The molecule has 0 aliphatic heterocycles. The Hall–Kier alpha value is -2.95. The number of nitrogens with one attached hydrogen (secondary N) is 2. The molecule has 0 aliphatic carbocycles. The molecule has 0 saturated heterocycles. The van der Waals surface area contributed by atoms with Crippen molar-refractivity contribution in [1.29, 1.82) is 0 Å². The summed E-state index contributed by atoms with van der Waals surface area (Å²) in [5.41, 5.74) is 1.49. The third-order valence-electron chi connectivity index (χ3n) is 3.57. The number of carbonyl (C=O) groups excluding carboxylic acids is 1. The van der Waals surface area contributed by atoms with Gasteiger partial charge in [0.15, 0.2) is 0 Å². The molecular formula is C21H26N2O3. The normalized spacial score (nSPS) is 10.0. The summed E-state index contributed by atoms with van der Waals surface area (Å²) in [7, 11) is 0. The number of hydrogen-bond acceptors (Lipinski definition) is 4. The number of carbonyl (C=O) groups is 1. The number of unbranched alkanes of at least 4 members (excludes halogenated alkanes) is 1. The summed E-state index contributed by atoms with van der Waals surface area (Å²) < 4.78 is 11.2. The predicted octanol–water partition coefficient (Wildman–Crippen LogP) is 4.48. The van der Waals surface area contributed by atoms with Crippen LogP contribution in [0.2, 0.25) is 0 Å². The second-order valence-corrected chi connectivity index (χ2v) is 5.73. The Bertz CT molecular complexity index is 716. The van der Waals surface area contributed by atoms with Gasteiger partial charge >= 0.3 is 0 Å². The monoisotopic (exact) mass is 354 g/mol. The summed E-state index contributed by atoms with van der Waals surface area (Å²) in [5, 5.41) is 5.98. The van der Waals surface area contributed by atoms with Crippen LogP contribution in [0.25, 0.3) is 0 Å². The highest BCUT2D eigenvalue weighted by Crippen LogP contribution is 2.24. The maximum absolute atomic E-state index is 12.3. The lowest BCUT2D eigenvalue weighted by molar-refractivity contribution is -0.114. The molecule has 0 saturated carbocycles. The Kier molecular flexibility index (Phi) is 8.06. The molecule has 138 valence electrons. The van der Waals surface area contributed by atoms with Crippen LogP contribution in [0.15, 0.2) is 61.2 Å². The van der Waals surface area contributed by atoms with Crippen molar-refractivity contribution in [2.45, 2.75) is 19.8 Å². The molecule has 0 radical (unpaired) electrons. The topological polar surface area (TPSA) is 59.6 Å². The zero-order valence-corrected chi connectivity index (χ0v) is 15.2. The van der Waals surface area contributed by atoms with E-state index >= 15 is 0 Å². The van der Waals surface area contributed by atoms with E-state index in [1.54, 1.807) is 6.08 Å². The molecular weight excluding hydrogens is 328 g/mol. The summed E-state index contributed by atoms with van der Waals surface area (Å²) in [6.07, 6.45) is 3.73. The van der Waals surface area contributed by atoms with Gasteiger partial charge in [0.2, 0.25) is 5.91 Å². The lowest BCUT2D eigenvalue weighted by atomic mass is 10.2. The summed E-state index contributed by atoms with van der Waals surface area (Å²) in [6.45, 7) is 6.96. The summed E-state index contributed by atoms with van der Waals surface area (Å²) in [4.78, 5) is 12.3. The number of benzene rings is 2. The lowest BCUT2D eigenvalue weighted by Gasteiger charge is -2.13. The Morgan fingerprint density at radius 3 is 2.81 bits per heavy atom. The van der Waals surface area contributed by atoms with E-state index in [2.05, 4.69) is 24.1 Å². The molecule has 0 heterocycles. The van der Waals surface area contributed by atoms with E-state index in [4.69, 9.17) is 9.47 Å². The van der Waals surface area contributed by atoms with Gasteiger partial charge in [0.05, 0.1) is 18.8 Å². The van der Waals surface area contributed by atoms with Gasteiger partial charge in [-0.1, -0.05) is 44.2 Å². The third kappa shape index (κ3) is 6.51. The van der Waals surface area contributed by atoms with Crippen LogP contribution >= 0.6 is 0 Å². The van der Waals surface area contributed by atoms with Crippen LogP contribution in [0.5, 0.6) is 11.5 Å². The number of para-hydroxylation sites is 2. The van der Waals surface area contributed by atoms with Gasteiger partial charge in [-0.05, 0) is 30.7 Å². The van der Waals surface area contributed by atoms with Crippen LogP contribution in [0.1, 0.15) is 19.8 Å². The number of hydrogen-bond donors (Lipinski definition) is 2. The standard InChI is InChI=1S/C21H26N2O3/c1-3-5-14-26-20-12-7-6-11-19(20)23-21(24)16-22-17-9-8-10-18(15-17)25-13-4-2/h4,6-12,15,22H,2-3,5,13-14,16H2,1H3,(H,23,24). The van der Waals surface area contributed by atoms with E-state index in [1.165, 1.54) is 0 Å². The minimum Gasteiger partial charge on any atom is -0.491 e. The molecule has 5 nitrogen and oxygen atoms in total. The van der Waals surface area contributed by atoms with Crippen LogP contribution in [0, 0.1) is 0 Å². The van der Waals surface area contributed by atoms with Gasteiger partial charge in [-0.2, -0.15) is 0 Å². The first-order valence-electron chi connectivity index (χ1n) is 8.82. The molecule has 2 aromatic rings. The zero-order valence-electron chi connectivity index (χ0n) is 15.2. The van der Waals surface area contributed by atoms with Gasteiger partial charge in [0, 0.05) is 11.8 Å². The van der Waals surface area contributed by atoms with Crippen molar-refractivity contribution in [1.82, 2.24) is 0 Å². The minimum atomic E-state index is -0.144. The first kappa shape index (κ1) is 19.4. The fraction of sp³-hybridized carbons (Fsp3) is 0.286. The van der Waals surface area contributed by atoms with Crippen LogP contribution in [-0.4, -0.2) is 25.7 Å². The molecule has 0 fully saturated rings. The molecule has 0 spiro atoms. The minimum absolute atomic E-state index is 0.144. The first-order valence-corrected chi connectivity index (χ1v) is 8.82. The molecule has 0 unspecified atom stereocenters. The summed E-state index contributed by atoms with van der Waals surface area (Å²) in [5.74, 6) is 1.27. The number of amides is 1. The molecule has 26 heavy (non-hydrogen) atoms. The number of rotatable bonds is 11. The molecule has 0 aromatic heterocycles. The van der Waals surface area contributed by atoms with Gasteiger partial charge in [-0.15, -0.1) is 0 Å². The fourth-order valence-corrected chi connectivity index (χ4v) is 2.25. The van der Waals surface area contributed by atoms with E-state index in [9.17, 15) is 4.79 Å². The number of anilines is 2. The Morgan fingerprint density at radius 1 is 1.15 bits per heavy atom. The maximum atomic E-state index is 12.3. The van der Waals surface area contributed by atoms with Crippen molar-refractivity contribution in [3.63, 3.8) is 0 Å². The van der Waals surface area contributed by atoms with Crippen molar-refractivity contribution in [3.8, 4) is 11.5 Å². The Morgan fingerprint density at radius 2 is 2.00 bits per heavy atom. The predicted molar refractivity (Wildman–Crippen MR) is 106 cm³/mol. The molecule has 2 aromatic carbocycles. The molecule has 0 atom stereocenters. The Balaban J connectivity index is 1.88. The smallest absolute Gasteiger partial charge is 0.243 e. The Labute approximate surface area is 155 Å². The van der Waals surface area contributed by atoms with Crippen LogP contribution in [0.3, 0.4) is 0 Å². The molecule has 1 amide bonds. The maximum Gasteiger partial charge on any atom is 0.243 e. The second-order valence-electron chi connectivity index (χ2n) is 5.73. The van der Waals surface area contributed by atoms with E-state index in [-0.39, 0.29) is 12.5 Å². The van der Waals surface area contributed by atoms with Gasteiger partial charge in [0.1, 0.15) is 18.1 Å². The van der Waals surface area contributed by atoms with Crippen molar-refractivity contribution in [2.75, 3.05) is 30.4 Å². The molecule has 0 bridgehead atoms.